The molecule has 0 unspecified atom stereocenters. The first-order valence-corrected chi connectivity index (χ1v) is 7.13. The summed E-state index contributed by atoms with van der Waals surface area (Å²) >= 11 is 0. The molecular formula is C15H19N3O4. The molecule has 0 aliphatic heterocycles. The number of carbonyl (C=O) groups excluding carboxylic acids is 1. The standard InChI is InChI=1S/C15H19N3O4/c1-4-5-6-13-12(10(2)22-18-13)9-21-14-7-11(8-16-17-14)15(19)20-3/h7-8H,4-6,9H2,1-3H3. The molecule has 7 nitrogen and oxygen atoms in total. The lowest BCUT2D eigenvalue weighted by molar-refractivity contribution is 0.0599. The minimum atomic E-state index is -0.482. The minimum Gasteiger partial charge on any atom is -0.471 e. The van der Waals surface area contributed by atoms with Crippen molar-refractivity contribution in [1.29, 1.82) is 0 Å². The van der Waals surface area contributed by atoms with Gasteiger partial charge in [0.2, 0.25) is 5.88 Å². The number of nitrogens with zero attached hydrogens (tertiary/aromatic N) is 3. The summed E-state index contributed by atoms with van der Waals surface area (Å²) in [7, 11) is 1.31. The van der Waals surface area contributed by atoms with Crippen molar-refractivity contribution in [3.8, 4) is 5.88 Å². The number of unbranched alkanes of at least 4 members (excludes halogenated alkanes) is 1. The number of rotatable bonds is 7. The van der Waals surface area contributed by atoms with Crippen LogP contribution in [0, 0.1) is 6.92 Å². The normalized spacial score (nSPS) is 10.5. The molecule has 0 aliphatic carbocycles. The molecular weight excluding hydrogens is 286 g/mol. The van der Waals surface area contributed by atoms with Crippen LogP contribution in [0.25, 0.3) is 0 Å². The van der Waals surface area contributed by atoms with Crippen molar-refractivity contribution in [1.82, 2.24) is 15.4 Å². The van der Waals surface area contributed by atoms with E-state index in [1.165, 1.54) is 19.4 Å². The highest BCUT2D eigenvalue weighted by atomic mass is 16.5. The van der Waals surface area contributed by atoms with Gasteiger partial charge < -0.3 is 14.0 Å². The number of methoxy groups -OCH3 is 1. The number of carbonyl (C=O) groups is 1. The van der Waals surface area contributed by atoms with Gasteiger partial charge in [-0.25, -0.2) is 4.79 Å². The molecule has 7 heteroatoms. The molecule has 0 saturated heterocycles. The molecule has 0 spiro atoms. The van der Waals surface area contributed by atoms with Crippen LogP contribution in [-0.4, -0.2) is 28.4 Å². The Balaban J connectivity index is 2.07. The molecule has 22 heavy (non-hydrogen) atoms. The zero-order valence-electron chi connectivity index (χ0n) is 13.0. The van der Waals surface area contributed by atoms with Crippen LogP contribution in [-0.2, 0) is 17.8 Å². The lowest BCUT2D eigenvalue weighted by atomic mass is 10.1. The Kier molecular flexibility index (Phi) is 5.46. The zero-order chi connectivity index (χ0) is 15.9. The summed E-state index contributed by atoms with van der Waals surface area (Å²) in [6.07, 6.45) is 4.30. The summed E-state index contributed by atoms with van der Waals surface area (Å²) in [5.74, 6) is 0.498. The number of aromatic nitrogens is 3. The minimum absolute atomic E-state index is 0.255. The average molecular weight is 305 g/mol. The second-order valence-corrected chi connectivity index (χ2v) is 4.83. The Morgan fingerprint density at radius 3 is 2.95 bits per heavy atom. The van der Waals surface area contributed by atoms with Crippen molar-refractivity contribution < 1.29 is 18.8 Å². The summed E-state index contributed by atoms with van der Waals surface area (Å²) in [6, 6.07) is 1.49. The van der Waals surface area contributed by atoms with Gasteiger partial charge in [-0.05, 0) is 19.8 Å². The van der Waals surface area contributed by atoms with E-state index < -0.39 is 5.97 Å². The van der Waals surface area contributed by atoms with Crippen molar-refractivity contribution in [2.24, 2.45) is 0 Å². The van der Waals surface area contributed by atoms with E-state index in [0.717, 1.165) is 36.3 Å². The SMILES string of the molecule is CCCCc1noc(C)c1COc1cc(C(=O)OC)cnn1. The van der Waals surface area contributed by atoms with Crippen LogP contribution in [0.15, 0.2) is 16.8 Å². The summed E-state index contributed by atoms with van der Waals surface area (Å²) in [6.45, 7) is 4.24. The number of hydrogen-bond acceptors (Lipinski definition) is 7. The maximum Gasteiger partial charge on any atom is 0.339 e. The lowest BCUT2D eigenvalue weighted by Gasteiger charge is -2.06. The van der Waals surface area contributed by atoms with Crippen molar-refractivity contribution in [3.05, 3.63) is 34.8 Å². The maximum atomic E-state index is 11.5. The summed E-state index contributed by atoms with van der Waals surface area (Å²) in [4.78, 5) is 11.5. The van der Waals surface area contributed by atoms with Gasteiger partial charge in [-0.2, -0.15) is 5.10 Å². The first-order valence-electron chi connectivity index (χ1n) is 7.13. The molecule has 0 aromatic carbocycles. The number of aryl methyl sites for hydroxylation is 2. The average Bonchev–Trinajstić information content (AvgIpc) is 2.90. The van der Waals surface area contributed by atoms with Crippen molar-refractivity contribution >= 4 is 5.97 Å². The Morgan fingerprint density at radius 1 is 1.41 bits per heavy atom. The highest BCUT2D eigenvalue weighted by Gasteiger charge is 2.14. The third-order valence-electron chi connectivity index (χ3n) is 3.25. The molecule has 0 atom stereocenters. The van der Waals surface area contributed by atoms with Gasteiger partial charge >= 0.3 is 5.97 Å². The van der Waals surface area contributed by atoms with Crippen molar-refractivity contribution in [2.75, 3.05) is 7.11 Å². The molecule has 2 heterocycles. The Bertz CT molecular complexity index is 639. The third kappa shape index (κ3) is 3.81. The quantitative estimate of drug-likeness (QED) is 0.726. The molecule has 0 radical (unpaired) electrons. The van der Waals surface area contributed by atoms with E-state index in [0.29, 0.717) is 5.56 Å². The van der Waals surface area contributed by atoms with E-state index in [1.807, 2.05) is 6.92 Å². The smallest absolute Gasteiger partial charge is 0.339 e. The molecule has 2 aromatic heterocycles. The molecule has 0 saturated carbocycles. The van der Waals surface area contributed by atoms with E-state index in [-0.39, 0.29) is 12.5 Å². The predicted molar refractivity (Wildman–Crippen MR) is 77.6 cm³/mol. The number of ether oxygens (including phenoxy) is 2. The van der Waals surface area contributed by atoms with Gasteiger partial charge in [0.15, 0.2) is 0 Å². The van der Waals surface area contributed by atoms with E-state index in [2.05, 4.69) is 27.0 Å². The molecule has 2 aromatic rings. The monoisotopic (exact) mass is 305 g/mol. The fourth-order valence-corrected chi connectivity index (χ4v) is 1.96. The summed E-state index contributed by atoms with van der Waals surface area (Å²) < 4.78 is 15.5. The lowest BCUT2D eigenvalue weighted by Crippen LogP contribution is -2.06. The topological polar surface area (TPSA) is 87.3 Å². The fourth-order valence-electron chi connectivity index (χ4n) is 1.96. The highest BCUT2D eigenvalue weighted by Crippen LogP contribution is 2.18. The molecule has 0 fully saturated rings. The summed E-state index contributed by atoms with van der Waals surface area (Å²) in [5, 5.41) is 11.6. The van der Waals surface area contributed by atoms with E-state index in [1.54, 1.807) is 0 Å². The van der Waals surface area contributed by atoms with Crippen molar-refractivity contribution in [2.45, 2.75) is 39.7 Å². The van der Waals surface area contributed by atoms with Crippen LogP contribution in [0.4, 0.5) is 0 Å². The number of hydrogen-bond donors (Lipinski definition) is 0. The molecule has 2 rings (SSSR count). The fraction of sp³-hybridized carbons (Fsp3) is 0.467. The zero-order valence-corrected chi connectivity index (χ0v) is 13.0. The Morgan fingerprint density at radius 2 is 2.23 bits per heavy atom. The molecule has 0 N–H and O–H groups in total. The molecule has 0 amide bonds. The Hall–Kier alpha value is -2.44. The molecule has 0 aliphatic rings. The van der Waals surface area contributed by atoms with Gasteiger partial charge in [-0.1, -0.05) is 18.5 Å². The van der Waals surface area contributed by atoms with Gasteiger partial charge in [-0.15, -0.1) is 5.10 Å². The second kappa shape index (κ2) is 7.53. The van der Waals surface area contributed by atoms with Crippen LogP contribution >= 0.6 is 0 Å². The van der Waals surface area contributed by atoms with E-state index in [4.69, 9.17) is 9.26 Å². The van der Waals surface area contributed by atoms with Gasteiger partial charge in [0.25, 0.3) is 0 Å². The number of esters is 1. The van der Waals surface area contributed by atoms with Gasteiger partial charge in [0.1, 0.15) is 12.4 Å². The van der Waals surface area contributed by atoms with Gasteiger partial charge in [-0.3, -0.25) is 0 Å². The first kappa shape index (κ1) is 15.9. The van der Waals surface area contributed by atoms with Crippen LogP contribution in [0.3, 0.4) is 0 Å². The Labute approximate surface area is 128 Å². The molecule has 118 valence electrons. The first-order chi connectivity index (χ1) is 10.7. The van der Waals surface area contributed by atoms with E-state index >= 15 is 0 Å². The van der Waals surface area contributed by atoms with Crippen molar-refractivity contribution in [3.63, 3.8) is 0 Å². The largest absolute Gasteiger partial charge is 0.471 e. The third-order valence-corrected chi connectivity index (χ3v) is 3.25. The van der Waals surface area contributed by atoms with Gasteiger partial charge in [0.05, 0.1) is 30.1 Å². The van der Waals surface area contributed by atoms with Crippen LogP contribution < -0.4 is 4.74 Å². The highest BCUT2D eigenvalue weighted by molar-refractivity contribution is 5.89. The predicted octanol–water partition coefficient (Wildman–Crippen LogP) is 2.48. The second-order valence-electron chi connectivity index (χ2n) is 4.83. The van der Waals surface area contributed by atoms with E-state index in [9.17, 15) is 4.79 Å². The maximum absolute atomic E-state index is 11.5. The van der Waals surface area contributed by atoms with Crippen LogP contribution in [0.1, 0.15) is 47.1 Å². The molecule has 0 bridgehead atoms. The van der Waals surface area contributed by atoms with Crippen LogP contribution in [0.5, 0.6) is 5.88 Å². The summed E-state index contributed by atoms with van der Waals surface area (Å²) in [5.41, 5.74) is 2.11. The van der Waals surface area contributed by atoms with Crippen LogP contribution in [0.2, 0.25) is 0 Å². The van der Waals surface area contributed by atoms with Gasteiger partial charge in [0, 0.05) is 6.07 Å².